The lowest BCUT2D eigenvalue weighted by Gasteiger charge is -2.32. The predicted molar refractivity (Wildman–Crippen MR) is 128 cm³/mol. The number of carbonyl (C=O) groups excluding carboxylic acids is 1. The molecule has 2 aliphatic rings. The van der Waals surface area contributed by atoms with E-state index >= 15 is 0 Å². The second-order valence-corrected chi connectivity index (χ2v) is 8.78. The topological polar surface area (TPSA) is 47.6 Å². The Morgan fingerprint density at radius 1 is 1.10 bits per heavy atom. The highest BCUT2D eigenvalue weighted by Crippen LogP contribution is 2.25. The molecule has 0 aromatic heterocycles. The SMILES string of the molecule is CC1CCCN(c2ccc(CNC(=S)Nc3cccc(N4CCCC4=O)c3)cc2)C1. The summed E-state index contributed by atoms with van der Waals surface area (Å²) in [5.41, 5.74) is 4.32. The molecular formula is C24H30N4OS. The highest BCUT2D eigenvalue weighted by Gasteiger charge is 2.21. The number of hydrogen-bond acceptors (Lipinski definition) is 3. The number of amides is 1. The fourth-order valence-corrected chi connectivity index (χ4v) is 4.47. The summed E-state index contributed by atoms with van der Waals surface area (Å²) in [6.07, 6.45) is 4.16. The van der Waals surface area contributed by atoms with Gasteiger partial charge in [-0.1, -0.05) is 25.1 Å². The van der Waals surface area contributed by atoms with Gasteiger partial charge in [-0.25, -0.2) is 0 Å². The molecule has 1 amide bonds. The van der Waals surface area contributed by atoms with Crippen LogP contribution in [0, 0.1) is 5.92 Å². The second-order valence-electron chi connectivity index (χ2n) is 8.37. The van der Waals surface area contributed by atoms with Crippen molar-refractivity contribution in [1.29, 1.82) is 0 Å². The Balaban J connectivity index is 1.29. The van der Waals surface area contributed by atoms with Crippen LogP contribution >= 0.6 is 12.2 Å². The van der Waals surface area contributed by atoms with Crippen molar-refractivity contribution in [2.45, 2.75) is 39.2 Å². The summed E-state index contributed by atoms with van der Waals surface area (Å²) in [4.78, 5) is 16.3. The van der Waals surface area contributed by atoms with Crippen LogP contribution in [0.15, 0.2) is 48.5 Å². The molecule has 2 heterocycles. The number of hydrogen-bond donors (Lipinski definition) is 2. The summed E-state index contributed by atoms with van der Waals surface area (Å²) in [7, 11) is 0. The van der Waals surface area contributed by atoms with Crippen LogP contribution in [0.2, 0.25) is 0 Å². The lowest BCUT2D eigenvalue weighted by molar-refractivity contribution is -0.117. The summed E-state index contributed by atoms with van der Waals surface area (Å²) < 4.78 is 0. The first-order valence-electron chi connectivity index (χ1n) is 10.9. The monoisotopic (exact) mass is 422 g/mol. The third-order valence-electron chi connectivity index (χ3n) is 5.90. The third kappa shape index (κ3) is 5.11. The van der Waals surface area contributed by atoms with Crippen molar-refractivity contribution in [3.05, 3.63) is 54.1 Å². The van der Waals surface area contributed by atoms with E-state index in [-0.39, 0.29) is 5.91 Å². The molecule has 30 heavy (non-hydrogen) atoms. The van der Waals surface area contributed by atoms with E-state index in [0.717, 1.165) is 43.3 Å². The molecule has 2 aromatic rings. The summed E-state index contributed by atoms with van der Waals surface area (Å²) >= 11 is 5.47. The van der Waals surface area contributed by atoms with Gasteiger partial charge in [-0.3, -0.25) is 4.79 Å². The minimum Gasteiger partial charge on any atom is -0.371 e. The Labute approximate surface area is 184 Å². The van der Waals surface area contributed by atoms with Crippen LogP contribution in [-0.2, 0) is 11.3 Å². The van der Waals surface area contributed by atoms with Gasteiger partial charge in [0.1, 0.15) is 0 Å². The number of piperidine rings is 1. The molecule has 2 aromatic carbocycles. The first-order valence-corrected chi connectivity index (χ1v) is 11.3. The molecule has 2 N–H and O–H groups in total. The van der Waals surface area contributed by atoms with Gasteiger partial charge in [0.2, 0.25) is 5.91 Å². The lowest BCUT2D eigenvalue weighted by Crippen LogP contribution is -2.34. The van der Waals surface area contributed by atoms with Crippen LogP contribution in [0.25, 0.3) is 0 Å². The number of thiocarbonyl (C=S) groups is 1. The van der Waals surface area contributed by atoms with Crippen molar-refractivity contribution in [2.24, 2.45) is 5.92 Å². The maximum atomic E-state index is 12.0. The van der Waals surface area contributed by atoms with Gasteiger partial charge >= 0.3 is 0 Å². The van der Waals surface area contributed by atoms with Crippen LogP contribution in [0.4, 0.5) is 17.1 Å². The molecular weight excluding hydrogens is 392 g/mol. The largest absolute Gasteiger partial charge is 0.371 e. The zero-order chi connectivity index (χ0) is 20.9. The fourth-order valence-electron chi connectivity index (χ4n) is 4.28. The van der Waals surface area contributed by atoms with Crippen molar-refractivity contribution >= 4 is 40.3 Å². The molecule has 0 bridgehead atoms. The number of nitrogens with one attached hydrogen (secondary N) is 2. The molecule has 2 fully saturated rings. The van der Waals surface area contributed by atoms with Crippen molar-refractivity contribution in [3.8, 4) is 0 Å². The standard InChI is InChI=1S/C24H30N4OS/c1-18-5-3-13-27(17-18)21-11-9-19(10-12-21)16-25-24(30)26-20-6-2-7-22(15-20)28-14-4-8-23(28)29/h2,6-7,9-12,15,18H,3-5,8,13-14,16-17H2,1H3,(H2,25,26,30). The molecule has 0 radical (unpaired) electrons. The number of anilines is 3. The van der Waals surface area contributed by atoms with E-state index in [4.69, 9.17) is 12.2 Å². The smallest absolute Gasteiger partial charge is 0.227 e. The Morgan fingerprint density at radius 2 is 1.93 bits per heavy atom. The molecule has 4 rings (SSSR count). The summed E-state index contributed by atoms with van der Waals surface area (Å²) in [5, 5.41) is 7.09. The minimum atomic E-state index is 0.190. The quantitative estimate of drug-likeness (QED) is 0.693. The molecule has 158 valence electrons. The van der Waals surface area contributed by atoms with Crippen molar-refractivity contribution in [3.63, 3.8) is 0 Å². The molecule has 2 saturated heterocycles. The van der Waals surface area contributed by atoms with E-state index in [9.17, 15) is 4.79 Å². The number of rotatable bonds is 5. The lowest BCUT2D eigenvalue weighted by atomic mass is 9.99. The van der Waals surface area contributed by atoms with E-state index in [2.05, 4.69) is 46.7 Å². The Bertz CT molecular complexity index is 898. The first kappa shape index (κ1) is 20.7. The Morgan fingerprint density at radius 3 is 2.67 bits per heavy atom. The molecule has 0 spiro atoms. The van der Waals surface area contributed by atoms with Gasteiger partial charge in [0.05, 0.1) is 0 Å². The van der Waals surface area contributed by atoms with E-state index in [0.29, 0.717) is 18.1 Å². The molecule has 2 aliphatic heterocycles. The van der Waals surface area contributed by atoms with Crippen LogP contribution in [0.5, 0.6) is 0 Å². The van der Waals surface area contributed by atoms with Crippen molar-refractivity contribution < 1.29 is 4.79 Å². The summed E-state index contributed by atoms with van der Waals surface area (Å²) in [5.74, 6) is 0.959. The van der Waals surface area contributed by atoms with Crippen LogP contribution in [0.3, 0.4) is 0 Å². The molecule has 1 atom stereocenters. The van der Waals surface area contributed by atoms with Crippen LogP contribution in [-0.4, -0.2) is 30.7 Å². The van der Waals surface area contributed by atoms with Gasteiger partial charge in [0, 0.05) is 49.7 Å². The third-order valence-corrected chi connectivity index (χ3v) is 6.15. The molecule has 5 nitrogen and oxygen atoms in total. The average molecular weight is 423 g/mol. The molecule has 0 aliphatic carbocycles. The first-order chi connectivity index (χ1) is 14.6. The zero-order valence-electron chi connectivity index (χ0n) is 17.6. The van der Waals surface area contributed by atoms with Crippen LogP contribution < -0.4 is 20.4 Å². The predicted octanol–water partition coefficient (Wildman–Crippen LogP) is 4.54. The molecule has 0 saturated carbocycles. The van der Waals surface area contributed by atoms with Crippen molar-refractivity contribution in [1.82, 2.24) is 5.32 Å². The average Bonchev–Trinajstić information content (AvgIpc) is 3.19. The van der Waals surface area contributed by atoms with E-state index in [1.54, 1.807) is 0 Å². The van der Waals surface area contributed by atoms with Gasteiger partial charge in [-0.2, -0.15) is 0 Å². The highest BCUT2D eigenvalue weighted by atomic mass is 32.1. The molecule has 1 unspecified atom stereocenters. The van der Waals surface area contributed by atoms with Gasteiger partial charge in [-0.05, 0) is 73.3 Å². The van der Waals surface area contributed by atoms with Crippen LogP contribution in [0.1, 0.15) is 38.2 Å². The normalized spacial score (nSPS) is 19.1. The minimum absolute atomic E-state index is 0.190. The number of benzene rings is 2. The Hall–Kier alpha value is -2.60. The highest BCUT2D eigenvalue weighted by molar-refractivity contribution is 7.80. The fraction of sp³-hybridized carbons (Fsp3) is 0.417. The summed E-state index contributed by atoms with van der Waals surface area (Å²) in [6.45, 7) is 6.09. The number of carbonyl (C=O) groups is 1. The van der Waals surface area contributed by atoms with Crippen molar-refractivity contribution in [2.75, 3.05) is 34.8 Å². The second kappa shape index (κ2) is 9.47. The van der Waals surface area contributed by atoms with E-state index < -0.39 is 0 Å². The Kier molecular flexibility index (Phi) is 6.53. The van der Waals surface area contributed by atoms with Gasteiger partial charge in [0.25, 0.3) is 0 Å². The maximum Gasteiger partial charge on any atom is 0.227 e. The maximum absolute atomic E-state index is 12.0. The van der Waals surface area contributed by atoms with E-state index in [1.807, 2.05) is 29.2 Å². The van der Waals surface area contributed by atoms with Gasteiger partial charge in [-0.15, -0.1) is 0 Å². The van der Waals surface area contributed by atoms with Gasteiger partial charge in [0.15, 0.2) is 5.11 Å². The van der Waals surface area contributed by atoms with E-state index in [1.165, 1.54) is 24.1 Å². The van der Waals surface area contributed by atoms with Gasteiger partial charge < -0.3 is 20.4 Å². The molecule has 6 heteroatoms. The summed E-state index contributed by atoms with van der Waals surface area (Å²) in [6, 6.07) is 16.6. The zero-order valence-corrected chi connectivity index (χ0v) is 18.4. The number of nitrogens with zero attached hydrogens (tertiary/aromatic N) is 2.